The molecule has 0 atom stereocenters. The molecule has 0 aliphatic heterocycles. The number of benzene rings is 2. The SMILES string of the molecule is O=C(Nc1cccc([N+](=O)[O-])c1Cl)c1c(O)cccc1Cl. The molecule has 0 radical (unpaired) electrons. The average molecular weight is 327 g/mol. The fourth-order valence-corrected chi connectivity index (χ4v) is 2.18. The van der Waals surface area contributed by atoms with E-state index in [1.165, 1.54) is 36.4 Å². The molecule has 8 heteroatoms. The van der Waals surface area contributed by atoms with Crippen molar-refractivity contribution in [1.29, 1.82) is 0 Å². The van der Waals surface area contributed by atoms with Crippen molar-refractivity contribution >= 4 is 40.5 Å². The van der Waals surface area contributed by atoms with E-state index in [1.54, 1.807) is 0 Å². The zero-order valence-electron chi connectivity index (χ0n) is 10.3. The lowest BCUT2D eigenvalue weighted by atomic mass is 10.1. The first-order chi connectivity index (χ1) is 9.91. The van der Waals surface area contributed by atoms with Crippen molar-refractivity contribution in [1.82, 2.24) is 0 Å². The molecule has 0 heterocycles. The summed E-state index contributed by atoms with van der Waals surface area (Å²) in [5, 5.41) is 22.7. The summed E-state index contributed by atoms with van der Waals surface area (Å²) < 4.78 is 0. The van der Waals surface area contributed by atoms with Gasteiger partial charge in [-0.3, -0.25) is 14.9 Å². The number of hydrogen-bond donors (Lipinski definition) is 2. The Hall–Kier alpha value is -2.31. The van der Waals surface area contributed by atoms with Crippen LogP contribution in [0.2, 0.25) is 10.0 Å². The minimum absolute atomic E-state index is 0.0500. The summed E-state index contributed by atoms with van der Waals surface area (Å²) in [6.07, 6.45) is 0. The first-order valence-corrected chi connectivity index (χ1v) is 6.39. The molecular formula is C13H8Cl2N2O4. The number of phenols is 1. The lowest BCUT2D eigenvalue weighted by molar-refractivity contribution is -0.384. The van der Waals surface area contributed by atoms with Crippen LogP contribution < -0.4 is 5.32 Å². The highest BCUT2D eigenvalue weighted by molar-refractivity contribution is 6.37. The number of hydrogen-bond acceptors (Lipinski definition) is 4. The number of rotatable bonds is 3. The van der Waals surface area contributed by atoms with Crippen molar-refractivity contribution in [2.45, 2.75) is 0 Å². The maximum Gasteiger partial charge on any atom is 0.290 e. The van der Waals surface area contributed by atoms with Crippen molar-refractivity contribution in [3.05, 3.63) is 62.1 Å². The molecule has 1 amide bonds. The van der Waals surface area contributed by atoms with Gasteiger partial charge < -0.3 is 10.4 Å². The predicted octanol–water partition coefficient (Wildman–Crippen LogP) is 3.86. The molecule has 0 spiro atoms. The normalized spacial score (nSPS) is 10.2. The van der Waals surface area contributed by atoms with Gasteiger partial charge in [-0.25, -0.2) is 0 Å². The van der Waals surface area contributed by atoms with Crippen LogP contribution in [0.5, 0.6) is 5.75 Å². The molecule has 0 bridgehead atoms. The van der Waals surface area contributed by atoms with Gasteiger partial charge in [0.05, 0.1) is 15.6 Å². The minimum Gasteiger partial charge on any atom is -0.507 e. The monoisotopic (exact) mass is 326 g/mol. The molecule has 0 unspecified atom stereocenters. The quantitative estimate of drug-likeness (QED) is 0.661. The Morgan fingerprint density at radius 2 is 1.86 bits per heavy atom. The summed E-state index contributed by atoms with van der Waals surface area (Å²) in [4.78, 5) is 22.2. The number of nitrogens with zero attached hydrogens (tertiary/aromatic N) is 1. The zero-order valence-corrected chi connectivity index (χ0v) is 11.9. The van der Waals surface area contributed by atoms with E-state index in [9.17, 15) is 20.0 Å². The Labute approximate surface area is 129 Å². The summed E-state index contributed by atoms with van der Waals surface area (Å²) in [6, 6.07) is 8.22. The van der Waals surface area contributed by atoms with Gasteiger partial charge >= 0.3 is 0 Å². The van der Waals surface area contributed by atoms with E-state index >= 15 is 0 Å². The molecule has 2 rings (SSSR count). The molecule has 0 fully saturated rings. The fourth-order valence-electron chi connectivity index (χ4n) is 1.68. The van der Waals surface area contributed by atoms with Crippen LogP contribution in [0.3, 0.4) is 0 Å². The Bertz CT molecular complexity index is 714. The summed E-state index contributed by atoms with van der Waals surface area (Å²) in [5.74, 6) is -1.03. The van der Waals surface area contributed by atoms with Crippen molar-refractivity contribution < 1.29 is 14.8 Å². The van der Waals surface area contributed by atoms with Gasteiger partial charge in [-0.15, -0.1) is 0 Å². The van der Waals surface area contributed by atoms with Crippen LogP contribution in [-0.4, -0.2) is 15.9 Å². The molecule has 2 N–H and O–H groups in total. The third-order valence-electron chi connectivity index (χ3n) is 2.64. The van der Waals surface area contributed by atoms with Gasteiger partial charge in [-0.2, -0.15) is 0 Å². The van der Waals surface area contributed by atoms with Crippen molar-refractivity contribution in [2.24, 2.45) is 0 Å². The second-order valence-corrected chi connectivity index (χ2v) is 4.77. The number of nitro groups is 1. The maximum absolute atomic E-state index is 12.1. The number of anilines is 1. The average Bonchev–Trinajstić information content (AvgIpc) is 2.40. The number of halogens is 2. The second-order valence-electron chi connectivity index (χ2n) is 3.98. The highest BCUT2D eigenvalue weighted by atomic mass is 35.5. The van der Waals surface area contributed by atoms with E-state index < -0.39 is 10.8 Å². The molecule has 2 aromatic carbocycles. The van der Waals surface area contributed by atoms with Gasteiger partial charge in [0.25, 0.3) is 11.6 Å². The molecule has 0 aromatic heterocycles. The fraction of sp³-hybridized carbons (Fsp3) is 0. The Morgan fingerprint density at radius 1 is 1.19 bits per heavy atom. The topological polar surface area (TPSA) is 92.5 Å². The number of nitrogens with one attached hydrogen (secondary N) is 1. The molecule has 0 saturated carbocycles. The number of phenolic OH excluding ortho intramolecular Hbond substituents is 1. The number of nitro benzene ring substituents is 1. The predicted molar refractivity (Wildman–Crippen MR) is 79.2 cm³/mol. The standard InChI is InChI=1S/C13H8Cl2N2O4/c14-7-3-1-6-10(18)11(7)13(19)16-8-4-2-5-9(12(8)15)17(20)21/h1-6,18H,(H,16,19). The first kappa shape index (κ1) is 15.1. The molecule has 0 aliphatic carbocycles. The van der Waals surface area contributed by atoms with E-state index in [1.807, 2.05) is 0 Å². The van der Waals surface area contributed by atoms with Gasteiger partial charge in [0.2, 0.25) is 0 Å². The second kappa shape index (κ2) is 5.99. The molecule has 0 saturated heterocycles. The summed E-state index contributed by atoms with van der Waals surface area (Å²) in [6.45, 7) is 0. The third-order valence-corrected chi connectivity index (χ3v) is 3.35. The largest absolute Gasteiger partial charge is 0.507 e. The number of carbonyl (C=O) groups is 1. The van der Waals surface area contributed by atoms with Gasteiger partial charge in [0, 0.05) is 6.07 Å². The molecule has 6 nitrogen and oxygen atoms in total. The van der Waals surface area contributed by atoms with Crippen molar-refractivity contribution in [3.63, 3.8) is 0 Å². The van der Waals surface area contributed by atoms with Crippen LogP contribution in [0.4, 0.5) is 11.4 Å². The molecule has 0 aliphatic rings. The van der Waals surface area contributed by atoms with E-state index in [0.717, 1.165) is 0 Å². The first-order valence-electron chi connectivity index (χ1n) is 5.63. The van der Waals surface area contributed by atoms with Gasteiger partial charge in [-0.05, 0) is 18.2 Å². The van der Waals surface area contributed by atoms with E-state index in [0.29, 0.717) is 0 Å². The number of amides is 1. The Kier molecular flexibility index (Phi) is 4.30. The number of carbonyl (C=O) groups excluding carboxylic acids is 1. The Morgan fingerprint density at radius 3 is 2.48 bits per heavy atom. The molecular weight excluding hydrogens is 319 g/mol. The summed E-state index contributed by atoms with van der Waals surface area (Å²) in [5.41, 5.74) is -0.422. The Balaban J connectivity index is 2.37. The minimum atomic E-state index is -0.722. The highest BCUT2D eigenvalue weighted by Gasteiger charge is 2.20. The van der Waals surface area contributed by atoms with Crippen LogP contribution >= 0.6 is 23.2 Å². The van der Waals surface area contributed by atoms with Gasteiger partial charge in [0.15, 0.2) is 0 Å². The smallest absolute Gasteiger partial charge is 0.290 e. The summed E-state index contributed by atoms with van der Waals surface area (Å²) >= 11 is 11.7. The van der Waals surface area contributed by atoms with Gasteiger partial charge in [0.1, 0.15) is 16.3 Å². The van der Waals surface area contributed by atoms with Crippen LogP contribution in [0, 0.1) is 10.1 Å². The van der Waals surface area contributed by atoms with Gasteiger partial charge in [-0.1, -0.05) is 35.3 Å². The molecule has 2 aromatic rings. The van der Waals surface area contributed by atoms with Crippen LogP contribution in [0.15, 0.2) is 36.4 Å². The molecule has 21 heavy (non-hydrogen) atoms. The van der Waals surface area contributed by atoms with Crippen LogP contribution in [0.25, 0.3) is 0 Å². The highest BCUT2D eigenvalue weighted by Crippen LogP contribution is 2.33. The van der Waals surface area contributed by atoms with E-state index in [2.05, 4.69) is 5.32 Å². The summed E-state index contributed by atoms with van der Waals surface area (Å²) in [7, 11) is 0. The molecule has 108 valence electrons. The van der Waals surface area contributed by atoms with E-state index in [-0.39, 0.29) is 32.7 Å². The van der Waals surface area contributed by atoms with Crippen molar-refractivity contribution in [2.75, 3.05) is 5.32 Å². The van der Waals surface area contributed by atoms with Crippen molar-refractivity contribution in [3.8, 4) is 5.75 Å². The lowest BCUT2D eigenvalue weighted by Crippen LogP contribution is -2.13. The third kappa shape index (κ3) is 3.07. The lowest BCUT2D eigenvalue weighted by Gasteiger charge is -2.09. The zero-order chi connectivity index (χ0) is 15.6. The number of aromatic hydroxyl groups is 1. The van der Waals surface area contributed by atoms with Crippen LogP contribution in [-0.2, 0) is 0 Å². The van der Waals surface area contributed by atoms with Crippen LogP contribution in [0.1, 0.15) is 10.4 Å². The van der Waals surface area contributed by atoms with E-state index in [4.69, 9.17) is 23.2 Å². The maximum atomic E-state index is 12.1.